The Morgan fingerprint density at radius 1 is 1.29 bits per heavy atom. The lowest BCUT2D eigenvalue weighted by atomic mass is 10.2. The molecule has 1 aromatic rings. The van der Waals surface area contributed by atoms with E-state index >= 15 is 0 Å². The Kier molecular flexibility index (Phi) is 5.30. The first kappa shape index (κ1) is 17.2. The second kappa shape index (κ2) is 7.40. The third-order valence-electron chi connectivity index (χ3n) is 3.59. The first-order chi connectivity index (χ1) is 11.5. The standard InChI is InChI=1S/C14H16N4O6/c1-24-12-3-2-10(18(22)23)8-11(12)15-13(20)14(21)17-6-4-16(9-19)5-7-17/h2-3,8-9H,4-7H2,1H3,(H,15,20). The number of anilines is 1. The van der Waals surface area contributed by atoms with Gasteiger partial charge in [-0.2, -0.15) is 0 Å². The van der Waals surface area contributed by atoms with Crippen LogP contribution in [-0.2, 0) is 14.4 Å². The Morgan fingerprint density at radius 3 is 2.50 bits per heavy atom. The van der Waals surface area contributed by atoms with Crippen LogP contribution in [0.4, 0.5) is 11.4 Å². The maximum atomic E-state index is 12.1. The summed E-state index contributed by atoms with van der Waals surface area (Å²) >= 11 is 0. The van der Waals surface area contributed by atoms with Crippen LogP contribution in [0.5, 0.6) is 5.75 Å². The number of methoxy groups -OCH3 is 1. The predicted molar refractivity (Wildman–Crippen MR) is 82.5 cm³/mol. The number of nitro benzene ring substituents is 1. The van der Waals surface area contributed by atoms with Crippen LogP contribution in [0.2, 0.25) is 0 Å². The number of benzene rings is 1. The van der Waals surface area contributed by atoms with Gasteiger partial charge in [-0.3, -0.25) is 24.5 Å². The molecule has 1 heterocycles. The van der Waals surface area contributed by atoms with E-state index in [1.54, 1.807) is 0 Å². The second-order valence-electron chi connectivity index (χ2n) is 5.03. The van der Waals surface area contributed by atoms with E-state index in [1.807, 2.05) is 0 Å². The molecule has 1 N–H and O–H groups in total. The first-order valence-electron chi connectivity index (χ1n) is 7.08. The Bertz CT molecular complexity index is 669. The van der Waals surface area contributed by atoms with Gasteiger partial charge >= 0.3 is 11.8 Å². The number of hydrogen-bond donors (Lipinski definition) is 1. The SMILES string of the molecule is COc1ccc([N+](=O)[O-])cc1NC(=O)C(=O)N1CCN(C=O)CC1. The smallest absolute Gasteiger partial charge is 0.314 e. The minimum atomic E-state index is -0.923. The summed E-state index contributed by atoms with van der Waals surface area (Å²) in [6.45, 7) is 1.19. The molecule has 24 heavy (non-hydrogen) atoms. The van der Waals surface area contributed by atoms with E-state index in [0.29, 0.717) is 19.5 Å². The normalized spacial score (nSPS) is 14.0. The average molecular weight is 336 g/mol. The largest absolute Gasteiger partial charge is 0.495 e. The van der Waals surface area contributed by atoms with Gasteiger partial charge in [0, 0.05) is 38.3 Å². The van der Waals surface area contributed by atoms with Gasteiger partial charge in [-0.1, -0.05) is 0 Å². The summed E-state index contributed by atoms with van der Waals surface area (Å²) < 4.78 is 5.03. The Morgan fingerprint density at radius 2 is 1.96 bits per heavy atom. The van der Waals surface area contributed by atoms with Gasteiger partial charge < -0.3 is 19.9 Å². The molecule has 10 nitrogen and oxygen atoms in total. The fourth-order valence-corrected chi connectivity index (χ4v) is 2.26. The number of ether oxygens (including phenoxy) is 1. The van der Waals surface area contributed by atoms with Crippen molar-refractivity contribution in [1.29, 1.82) is 0 Å². The highest BCUT2D eigenvalue weighted by Crippen LogP contribution is 2.28. The molecule has 10 heteroatoms. The summed E-state index contributed by atoms with van der Waals surface area (Å²) in [5, 5.41) is 13.2. The first-order valence-corrected chi connectivity index (χ1v) is 7.08. The van der Waals surface area contributed by atoms with Crippen molar-refractivity contribution in [1.82, 2.24) is 9.80 Å². The van der Waals surface area contributed by atoms with E-state index in [2.05, 4.69) is 5.32 Å². The summed E-state index contributed by atoms with van der Waals surface area (Å²) in [5.74, 6) is -1.49. The van der Waals surface area contributed by atoms with Gasteiger partial charge in [-0.05, 0) is 6.07 Å². The van der Waals surface area contributed by atoms with Crippen molar-refractivity contribution in [2.45, 2.75) is 0 Å². The molecule has 1 fully saturated rings. The van der Waals surface area contributed by atoms with Crippen LogP contribution >= 0.6 is 0 Å². The molecule has 128 valence electrons. The van der Waals surface area contributed by atoms with Gasteiger partial charge in [-0.25, -0.2) is 0 Å². The molecule has 0 bridgehead atoms. The van der Waals surface area contributed by atoms with Gasteiger partial charge in [0.05, 0.1) is 17.7 Å². The Balaban J connectivity index is 2.08. The van der Waals surface area contributed by atoms with Crippen molar-refractivity contribution < 1.29 is 24.0 Å². The highest BCUT2D eigenvalue weighted by Gasteiger charge is 2.26. The second-order valence-corrected chi connectivity index (χ2v) is 5.03. The monoisotopic (exact) mass is 336 g/mol. The van der Waals surface area contributed by atoms with E-state index in [0.717, 1.165) is 6.07 Å². The molecule has 2 rings (SSSR count). The van der Waals surface area contributed by atoms with Crippen molar-refractivity contribution in [2.75, 3.05) is 38.6 Å². The van der Waals surface area contributed by atoms with E-state index < -0.39 is 16.7 Å². The highest BCUT2D eigenvalue weighted by atomic mass is 16.6. The molecule has 1 aliphatic heterocycles. The number of non-ortho nitro benzene ring substituents is 1. The van der Waals surface area contributed by atoms with Crippen LogP contribution in [0.15, 0.2) is 18.2 Å². The lowest BCUT2D eigenvalue weighted by Crippen LogP contribution is -2.51. The van der Waals surface area contributed by atoms with Crippen molar-refractivity contribution in [3.63, 3.8) is 0 Å². The molecule has 0 saturated carbocycles. The zero-order valence-corrected chi connectivity index (χ0v) is 12.9. The van der Waals surface area contributed by atoms with Crippen LogP contribution in [0, 0.1) is 10.1 Å². The van der Waals surface area contributed by atoms with Crippen LogP contribution in [0.25, 0.3) is 0 Å². The van der Waals surface area contributed by atoms with Gasteiger partial charge in [0.25, 0.3) is 5.69 Å². The number of carbonyl (C=O) groups excluding carboxylic acids is 3. The summed E-state index contributed by atoms with van der Waals surface area (Å²) in [4.78, 5) is 47.9. The minimum absolute atomic E-state index is 0.0385. The third-order valence-corrected chi connectivity index (χ3v) is 3.59. The third kappa shape index (κ3) is 3.77. The van der Waals surface area contributed by atoms with Crippen LogP contribution in [-0.4, -0.2) is 66.2 Å². The molecular weight excluding hydrogens is 320 g/mol. The summed E-state index contributed by atoms with van der Waals surface area (Å²) in [5.41, 5.74) is -0.199. The predicted octanol–water partition coefficient (Wildman–Crippen LogP) is -0.158. The summed E-state index contributed by atoms with van der Waals surface area (Å²) in [6.07, 6.45) is 0.690. The molecular formula is C14H16N4O6. The Labute approximate surface area is 137 Å². The molecule has 0 aliphatic carbocycles. The topological polar surface area (TPSA) is 122 Å². The number of piperazine rings is 1. The molecule has 1 saturated heterocycles. The van der Waals surface area contributed by atoms with Gasteiger partial charge in [0.15, 0.2) is 0 Å². The van der Waals surface area contributed by atoms with E-state index in [-0.39, 0.29) is 30.2 Å². The van der Waals surface area contributed by atoms with Gasteiger partial charge in [0.1, 0.15) is 5.75 Å². The number of amides is 3. The fourth-order valence-electron chi connectivity index (χ4n) is 2.26. The number of carbonyl (C=O) groups is 3. The molecule has 0 aromatic heterocycles. The molecule has 0 spiro atoms. The van der Waals surface area contributed by atoms with Crippen molar-refractivity contribution in [3.05, 3.63) is 28.3 Å². The van der Waals surface area contributed by atoms with Crippen LogP contribution < -0.4 is 10.1 Å². The Hall–Kier alpha value is -3.17. The summed E-state index contributed by atoms with van der Waals surface area (Å²) in [7, 11) is 1.34. The molecule has 0 atom stereocenters. The van der Waals surface area contributed by atoms with E-state index in [1.165, 1.54) is 29.0 Å². The summed E-state index contributed by atoms with van der Waals surface area (Å²) in [6, 6.07) is 3.68. The van der Waals surface area contributed by atoms with Gasteiger partial charge in [0.2, 0.25) is 6.41 Å². The van der Waals surface area contributed by atoms with E-state index in [4.69, 9.17) is 4.74 Å². The molecule has 1 aromatic carbocycles. The number of nitrogens with zero attached hydrogens (tertiary/aromatic N) is 3. The van der Waals surface area contributed by atoms with Crippen molar-refractivity contribution in [3.8, 4) is 5.75 Å². The molecule has 0 radical (unpaired) electrons. The number of hydrogen-bond acceptors (Lipinski definition) is 6. The lowest BCUT2D eigenvalue weighted by molar-refractivity contribution is -0.384. The number of nitrogens with one attached hydrogen (secondary N) is 1. The fraction of sp³-hybridized carbons (Fsp3) is 0.357. The van der Waals surface area contributed by atoms with Crippen LogP contribution in [0.1, 0.15) is 0 Å². The quantitative estimate of drug-likeness (QED) is 0.353. The van der Waals surface area contributed by atoms with Gasteiger partial charge in [-0.15, -0.1) is 0 Å². The van der Waals surface area contributed by atoms with Crippen LogP contribution in [0.3, 0.4) is 0 Å². The van der Waals surface area contributed by atoms with Crippen molar-refractivity contribution in [2.24, 2.45) is 0 Å². The van der Waals surface area contributed by atoms with E-state index in [9.17, 15) is 24.5 Å². The zero-order valence-electron chi connectivity index (χ0n) is 12.9. The molecule has 1 aliphatic rings. The number of rotatable bonds is 4. The minimum Gasteiger partial charge on any atom is -0.495 e. The van der Waals surface area contributed by atoms with Crippen molar-refractivity contribution >= 4 is 29.6 Å². The zero-order chi connectivity index (χ0) is 17.7. The maximum Gasteiger partial charge on any atom is 0.314 e. The lowest BCUT2D eigenvalue weighted by Gasteiger charge is -2.32. The molecule has 3 amide bonds. The maximum absolute atomic E-state index is 12.1. The number of nitro groups is 1. The molecule has 0 unspecified atom stereocenters. The average Bonchev–Trinajstić information content (AvgIpc) is 2.60. The highest BCUT2D eigenvalue weighted by molar-refractivity contribution is 6.39.